The Kier molecular flexibility index (Phi) is 4.52. The Balaban J connectivity index is 2.02. The van der Waals surface area contributed by atoms with Gasteiger partial charge in [0.25, 0.3) is 0 Å². The SMILES string of the molecule is CC(=N)OC(=N)c1ccc2[nH]cc(-c3cccc(OC(C)C)n3)c2c1. The number of aromatic amines is 1. The number of hydrogen-bond acceptors (Lipinski definition) is 5. The number of rotatable bonds is 4. The summed E-state index contributed by atoms with van der Waals surface area (Å²) in [7, 11) is 0. The maximum absolute atomic E-state index is 7.97. The molecule has 0 radical (unpaired) electrons. The fourth-order valence-electron chi connectivity index (χ4n) is 2.56. The molecule has 6 nitrogen and oxygen atoms in total. The van der Waals surface area contributed by atoms with Crippen molar-refractivity contribution in [1.82, 2.24) is 9.97 Å². The van der Waals surface area contributed by atoms with Crippen molar-refractivity contribution in [2.45, 2.75) is 26.9 Å². The van der Waals surface area contributed by atoms with E-state index in [0.29, 0.717) is 11.4 Å². The van der Waals surface area contributed by atoms with Crippen LogP contribution < -0.4 is 4.74 Å². The Morgan fingerprint density at radius 3 is 2.68 bits per heavy atom. The van der Waals surface area contributed by atoms with E-state index in [2.05, 4.69) is 9.97 Å². The second-order valence-corrected chi connectivity index (χ2v) is 5.98. The molecule has 25 heavy (non-hydrogen) atoms. The molecule has 0 amide bonds. The number of benzene rings is 1. The zero-order chi connectivity index (χ0) is 18.0. The zero-order valence-corrected chi connectivity index (χ0v) is 14.4. The van der Waals surface area contributed by atoms with E-state index in [4.69, 9.17) is 20.3 Å². The third-order valence-electron chi connectivity index (χ3n) is 3.56. The first-order valence-electron chi connectivity index (χ1n) is 8.01. The Hall–Kier alpha value is -3.15. The summed E-state index contributed by atoms with van der Waals surface area (Å²) in [5, 5.41) is 16.3. The summed E-state index contributed by atoms with van der Waals surface area (Å²) in [6.07, 6.45) is 1.95. The molecule has 2 aromatic heterocycles. The Labute approximate surface area is 145 Å². The van der Waals surface area contributed by atoms with Crippen LogP contribution in [0.4, 0.5) is 0 Å². The van der Waals surface area contributed by atoms with Crippen molar-refractivity contribution in [3.05, 3.63) is 48.2 Å². The standard InChI is InChI=1S/C19H20N4O2/c1-11(2)24-18-6-4-5-17(23-18)15-10-22-16-8-7-13(9-14(15)16)19(21)25-12(3)20/h4-11,20-22H,1-3H3. The quantitative estimate of drug-likeness (QED) is 0.488. The number of nitrogens with zero attached hydrogens (tertiary/aromatic N) is 1. The van der Waals surface area contributed by atoms with E-state index >= 15 is 0 Å². The van der Waals surface area contributed by atoms with E-state index < -0.39 is 0 Å². The van der Waals surface area contributed by atoms with E-state index in [9.17, 15) is 0 Å². The Morgan fingerprint density at radius 2 is 1.96 bits per heavy atom. The summed E-state index contributed by atoms with van der Waals surface area (Å²) in [4.78, 5) is 7.79. The lowest BCUT2D eigenvalue weighted by molar-refractivity contribution is 0.233. The predicted octanol–water partition coefficient (Wildman–Crippen LogP) is 4.36. The molecule has 3 N–H and O–H groups in total. The molecule has 6 heteroatoms. The highest BCUT2D eigenvalue weighted by Crippen LogP contribution is 2.29. The first-order chi connectivity index (χ1) is 11.9. The van der Waals surface area contributed by atoms with Crippen LogP contribution >= 0.6 is 0 Å². The largest absolute Gasteiger partial charge is 0.475 e. The van der Waals surface area contributed by atoms with Gasteiger partial charge in [-0.15, -0.1) is 0 Å². The summed E-state index contributed by atoms with van der Waals surface area (Å²) in [5.74, 6) is 0.513. The maximum Gasteiger partial charge on any atom is 0.220 e. The van der Waals surface area contributed by atoms with Gasteiger partial charge in [-0.1, -0.05) is 6.07 Å². The fraction of sp³-hybridized carbons (Fsp3) is 0.211. The van der Waals surface area contributed by atoms with Crippen LogP contribution in [0.3, 0.4) is 0 Å². The van der Waals surface area contributed by atoms with Crippen LogP contribution in [0.5, 0.6) is 5.88 Å². The number of pyridine rings is 1. The summed E-state index contributed by atoms with van der Waals surface area (Å²) in [6.45, 7) is 5.42. The second kappa shape index (κ2) is 6.76. The van der Waals surface area contributed by atoms with Crippen LogP contribution in [0.2, 0.25) is 0 Å². The molecule has 3 aromatic rings. The highest BCUT2D eigenvalue weighted by atomic mass is 16.5. The van der Waals surface area contributed by atoms with E-state index in [1.54, 1.807) is 6.07 Å². The van der Waals surface area contributed by atoms with Crippen LogP contribution in [0.25, 0.3) is 22.2 Å². The second-order valence-electron chi connectivity index (χ2n) is 5.98. The molecule has 128 valence electrons. The van der Waals surface area contributed by atoms with Crippen molar-refractivity contribution in [1.29, 1.82) is 10.8 Å². The minimum atomic E-state index is -0.0496. The molecular weight excluding hydrogens is 316 g/mol. The molecule has 0 bridgehead atoms. The molecule has 0 aliphatic carbocycles. The molecular formula is C19H20N4O2. The van der Waals surface area contributed by atoms with E-state index in [1.807, 2.05) is 50.4 Å². The minimum absolute atomic E-state index is 0.0143. The summed E-state index contributed by atoms with van der Waals surface area (Å²) < 4.78 is 10.8. The number of H-pyrrole nitrogens is 1. The van der Waals surface area contributed by atoms with Crippen LogP contribution in [0.1, 0.15) is 26.3 Å². The monoisotopic (exact) mass is 336 g/mol. The lowest BCUT2D eigenvalue weighted by Crippen LogP contribution is -2.08. The number of fused-ring (bicyclic) bond motifs is 1. The van der Waals surface area contributed by atoms with Gasteiger partial charge in [-0.2, -0.15) is 0 Å². The van der Waals surface area contributed by atoms with Crippen molar-refractivity contribution in [3.8, 4) is 17.1 Å². The van der Waals surface area contributed by atoms with Crippen molar-refractivity contribution in [2.24, 2.45) is 0 Å². The van der Waals surface area contributed by atoms with Gasteiger partial charge >= 0.3 is 0 Å². The van der Waals surface area contributed by atoms with Gasteiger partial charge in [0.05, 0.1) is 11.8 Å². The van der Waals surface area contributed by atoms with E-state index in [0.717, 1.165) is 22.2 Å². The number of ether oxygens (including phenoxy) is 2. The topological polar surface area (TPSA) is 94.8 Å². The van der Waals surface area contributed by atoms with Gasteiger partial charge in [-0.3, -0.25) is 10.8 Å². The molecule has 2 heterocycles. The third kappa shape index (κ3) is 3.68. The highest BCUT2D eigenvalue weighted by molar-refractivity contribution is 6.03. The van der Waals surface area contributed by atoms with E-state index in [-0.39, 0.29) is 17.9 Å². The van der Waals surface area contributed by atoms with Crippen LogP contribution in [0.15, 0.2) is 42.6 Å². The molecule has 3 rings (SSSR count). The predicted molar refractivity (Wildman–Crippen MR) is 98.6 cm³/mol. The van der Waals surface area contributed by atoms with Gasteiger partial charge in [0.1, 0.15) is 0 Å². The number of aromatic nitrogens is 2. The van der Waals surface area contributed by atoms with Gasteiger partial charge in [0.2, 0.25) is 11.8 Å². The first-order valence-corrected chi connectivity index (χ1v) is 8.01. The Bertz CT molecular complexity index is 944. The van der Waals surface area contributed by atoms with Gasteiger partial charge in [0.15, 0.2) is 5.90 Å². The molecule has 0 spiro atoms. The average Bonchev–Trinajstić information content (AvgIpc) is 2.96. The number of hydrogen-bond donors (Lipinski definition) is 3. The van der Waals surface area contributed by atoms with E-state index in [1.165, 1.54) is 6.92 Å². The summed E-state index contributed by atoms with van der Waals surface area (Å²) >= 11 is 0. The molecule has 0 saturated heterocycles. The fourth-order valence-corrected chi connectivity index (χ4v) is 2.56. The molecule has 1 aromatic carbocycles. The third-order valence-corrected chi connectivity index (χ3v) is 3.56. The van der Waals surface area contributed by atoms with Crippen LogP contribution in [0, 0.1) is 10.8 Å². The number of nitrogens with one attached hydrogen (secondary N) is 3. The molecule has 0 aliphatic rings. The van der Waals surface area contributed by atoms with Crippen molar-refractivity contribution in [3.63, 3.8) is 0 Å². The lowest BCUT2D eigenvalue weighted by Gasteiger charge is -2.09. The normalized spacial score (nSPS) is 10.9. The summed E-state index contributed by atoms with van der Waals surface area (Å²) in [5.41, 5.74) is 3.26. The lowest BCUT2D eigenvalue weighted by atomic mass is 10.1. The molecule has 0 unspecified atom stereocenters. The zero-order valence-electron chi connectivity index (χ0n) is 14.4. The molecule has 0 atom stereocenters. The summed E-state index contributed by atoms with van der Waals surface area (Å²) in [6, 6.07) is 11.2. The van der Waals surface area contributed by atoms with Gasteiger partial charge in [-0.25, -0.2) is 4.98 Å². The van der Waals surface area contributed by atoms with Crippen molar-refractivity contribution >= 4 is 22.7 Å². The van der Waals surface area contributed by atoms with Gasteiger partial charge < -0.3 is 14.5 Å². The van der Waals surface area contributed by atoms with Crippen molar-refractivity contribution in [2.75, 3.05) is 0 Å². The maximum atomic E-state index is 7.97. The smallest absolute Gasteiger partial charge is 0.220 e. The minimum Gasteiger partial charge on any atom is -0.475 e. The first kappa shape index (κ1) is 16.7. The Morgan fingerprint density at radius 1 is 1.16 bits per heavy atom. The molecule has 0 saturated carbocycles. The average molecular weight is 336 g/mol. The van der Waals surface area contributed by atoms with Gasteiger partial charge in [-0.05, 0) is 38.1 Å². The van der Waals surface area contributed by atoms with Crippen LogP contribution in [-0.2, 0) is 4.74 Å². The molecule has 0 fully saturated rings. The van der Waals surface area contributed by atoms with Crippen molar-refractivity contribution < 1.29 is 9.47 Å². The molecule has 0 aliphatic heterocycles. The highest BCUT2D eigenvalue weighted by Gasteiger charge is 2.12. The van der Waals surface area contributed by atoms with Gasteiger partial charge in [0, 0.05) is 41.2 Å². The van der Waals surface area contributed by atoms with Crippen LogP contribution in [-0.4, -0.2) is 27.9 Å².